The highest BCUT2D eigenvalue weighted by Gasteiger charge is 2.20. The molecule has 0 bridgehead atoms. The molecule has 61 heavy (non-hydrogen) atoms. The van der Waals surface area contributed by atoms with Crippen LogP contribution in [0.2, 0.25) is 0 Å². The number of anilines is 3. The summed E-state index contributed by atoms with van der Waals surface area (Å²) in [5.41, 5.74) is 12.9. The van der Waals surface area contributed by atoms with Gasteiger partial charge < -0.3 is 4.90 Å². The molecule has 0 spiro atoms. The Kier molecular flexibility index (Phi) is 8.62. The standard InChI is InChI=1S/C58H37NS2/c1-3-12-38(13-4-1)39-22-28-46(29-23-39)59(47-30-24-41(25-31-47)48-19-11-21-55-58(48)50-18-9-10-20-54(50)60-55)53-33-27-44(34-51(53)40-14-5-2-6-15-40)45-26-32-49-52-35-42-16-7-8-17-43(42)36-57(52)61-56(49)37-45/h1-37H. The van der Waals surface area contributed by atoms with Gasteiger partial charge in [-0.2, -0.15) is 0 Å². The van der Waals surface area contributed by atoms with Crippen molar-refractivity contribution in [1.82, 2.24) is 0 Å². The van der Waals surface area contributed by atoms with E-state index in [1.807, 2.05) is 22.7 Å². The van der Waals surface area contributed by atoms with Gasteiger partial charge in [0, 0.05) is 57.3 Å². The Balaban J connectivity index is 1.00. The van der Waals surface area contributed by atoms with E-state index in [-0.39, 0.29) is 0 Å². The van der Waals surface area contributed by atoms with Crippen LogP contribution in [0.4, 0.5) is 17.1 Å². The normalized spacial score (nSPS) is 11.6. The van der Waals surface area contributed by atoms with E-state index in [1.54, 1.807) is 0 Å². The van der Waals surface area contributed by atoms with Crippen molar-refractivity contribution in [3.05, 3.63) is 224 Å². The number of rotatable bonds is 7. The maximum atomic E-state index is 2.42. The van der Waals surface area contributed by atoms with Gasteiger partial charge in [0.25, 0.3) is 0 Å². The molecular weight excluding hydrogens is 775 g/mol. The van der Waals surface area contributed by atoms with E-state index in [0.29, 0.717) is 0 Å². The molecule has 0 aliphatic rings. The van der Waals surface area contributed by atoms with E-state index in [9.17, 15) is 0 Å². The molecule has 0 saturated carbocycles. The van der Waals surface area contributed by atoms with Crippen molar-refractivity contribution in [2.24, 2.45) is 0 Å². The van der Waals surface area contributed by atoms with Crippen LogP contribution < -0.4 is 4.90 Å². The Hall–Kier alpha value is -7.30. The summed E-state index contributed by atoms with van der Waals surface area (Å²) in [7, 11) is 0. The maximum Gasteiger partial charge on any atom is 0.0540 e. The van der Waals surface area contributed by atoms with Crippen molar-refractivity contribution >= 4 is 90.9 Å². The first-order valence-electron chi connectivity index (χ1n) is 20.7. The molecule has 10 aromatic carbocycles. The lowest BCUT2D eigenvalue weighted by Gasteiger charge is -2.29. The molecule has 12 rings (SSSR count). The molecule has 0 N–H and O–H groups in total. The fourth-order valence-corrected chi connectivity index (χ4v) is 11.4. The zero-order valence-electron chi connectivity index (χ0n) is 33.1. The van der Waals surface area contributed by atoms with Crippen molar-refractivity contribution in [1.29, 1.82) is 0 Å². The molecule has 0 amide bonds. The van der Waals surface area contributed by atoms with Crippen LogP contribution in [0.5, 0.6) is 0 Å². The van der Waals surface area contributed by atoms with Gasteiger partial charge in [-0.3, -0.25) is 0 Å². The molecule has 1 nitrogen and oxygen atoms in total. The van der Waals surface area contributed by atoms with E-state index in [1.165, 1.54) is 95.6 Å². The summed E-state index contributed by atoms with van der Waals surface area (Å²) >= 11 is 3.75. The first-order valence-corrected chi connectivity index (χ1v) is 22.4. The second kappa shape index (κ2) is 14.8. The van der Waals surface area contributed by atoms with Gasteiger partial charge in [0.05, 0.1) is 5.69 Å². The molecule has 0 aliphatic carbocycles. The lowest BCUT2D eigenvalue weighted by Crippen LogP contribution is -2.11. The molecule has 3 heteroatoms. The number of hydrogen-bond acceptors (Lipinski definition) is 3. The van der Waals surface area contributed by atoms with Gasteiger partial charge in [-0.1, -0.05) is 158 Å². The minimum absolute atomic E-state index is 1.10. The molecular formula is C58H37NS2. The molecule has 0 saturated heterocycles. The van der Waals surface area contributed by atoms with Crippen LogP contribution in [0.3, 0.4) is 0 Å². The van der Waals surface area contributed by atoms with Crippen LogP contribution in [0.1, 0.15) is 0 Å². The van der Waals surface area contributed by atoms with Crippen molar-refractivity contribution in [2.75, 3.05) is 4.90 Å². The quantitative estimate of drug-likeness (QED) is 0.155. The summed E-state index contributed by atoms with van der Waals surface area (Å²) in [5, 5.41) is 7.84. The average molecular weight is 812 g/mol. The van der Waals surface area contributed by atoms with Crippen molar-refractivity contribution in [3.8, 4) is 44.5 Å². The zero-order valence-corrected chi connectivity index (χ0v) is 34.8. The van der Waals surface area contributed by atoms with Gasteiger partial charge in [0.2, 0.25) is 0 Å². The SMILES string of the molecule is c1ccc(-c2ccc(N(c3ccc(-c4cccc5sc6ccccc6c45)cc3)c3ccc(-c4ccc5c(c4)sc4cc6ccccc6cc45)cc3-c3ccccc3)cc2)cc1. The second-order valence-corrected chi connectivity index (χ2v) is 17.8. The van der Waals surface area contributed by atoms with Crippen molar-refractivity contribution in [2.45, 2.75) is 0 Å². The molecule has 0 fully saturated rings. The molecule has 0 atom stereocenters. The number of fused-ring (bicyclic) bond motifs is 7. The third-order valence-corrected chi connectivity index (χ3v) is 14.3. The van der Waals surface area contributed by atoms with Gasteiger partial charge in [-0.25, -0.2) is 0 Å². The Morgan fingerprint density at radius 1 is 0.279 bits per heavy atom. The van der Waals surface area contributed by atoms with Gasteiger partial charge >= 0.3 is 0 Å². The lowest BCUT2D eigenvalue weighted by molar-refractivity contribution is 1.28. The largest absolute Gasteiger partial charge is 0.310 e. The van der Waals surface area contributed by atoms with Crippen LogP contribution in [0, 0.1) is 0 Å². The molecule has 0 aliphatic heterocycles. The van der Waals surface area contributed by atoms with Gasteiger partial charge in [-0.15, -0.1) is 22.7 Å². The summed E-state index contributed by atoms with van der Waals surface area (Å²) in [6, 6.07) is 82.4. The highest BCUT2D eigenvalue weighted by atomic mass is 32.1. The summed E-state index contributed by atoms with van der Waals surface area (Å²) in [6.45, 7) is 0. The number of thiophene rings is 2. The van der Waals surface area contributed by atoms with Gasteiger partial charge in [-0.05, 0) is 116 Å². The predicted molar refractivity (Wildman–Crippen MR) is 266 cm³/mol. The molecule has 12 aromatic rings. The number of nitrogens with zero attached hydrogens (tertiary/aromatic N) is 1. The Bertz CT molecular complexity index is 3560. The topological polar surface area (TPSA) is 3.24 Å². The third-order valence-electron chi connectivity index (χ3n) is 12.1. The third kappa shape index (κ3) is 6.29. The number of hydrogen-bond donors (Lipinski definition) is 0. The van der Waals surface area contributed by atoms with E-state index < -0.39 is 0 Å². The molecule has 2 aromatic heterocycles. The number of benzene rings is 10. The predicted octanol–water partition coefficient (Wildman–Crippen LogP) is 17.7. The maximum absolute atomic E-state index is 2.42. The fourth-order valence-electron chi connectivity index (χ4n) is 9.07. The van der Waals surface area contributed by atoms with Gasteiger partial charge in [0.1, 0.15) is 0 Å². The Morgan fingerprint density at radius 2 is 0.820 bits per heavy atom. The van der Waals surface area contributed by atoms with Crippen LogP contribution >= 0.6 is 22.7 Å². The van der Waals surface area contributed by atoms with Crippen LogP contribution in [-0.2, 0) is 0 Å². The Labute approximate surface area is 362 Å². The summed E-state index contributed by atoms with van der Waals surface area (Å²) in [4.78, 5) is 2.42. The molecule has 286 valence electrons. The summed E-state index contributed by atoms with van der Waals surface area (Å²) < 4.78 is 5.27. The smallest absolute Gasteiger partial charge is 0.0540 e. The lowest BCUT2D eigenvalue weighted by atomic mass is 9.95. The average Bonchev–Trinajstić information content (AvgIpc) is 3.89. The minimum Gasteiger partial charge on any atom is -0.310 e. The fraction of sp³-hybridized carbons (Fsp3) is 0. The highest BCUT2D eigenvalue weighted by molar-refractivity contribution is 7.26. The van der Waals surface area contributed by atoms with Crippen LogP contribution in [0.15, 0.2) is 224 Å². The Morgan fingerprint density at radius 3 is 1.59 bits per heavy atom. The highest BCUT2D eigenvalue weighted by Crippen LogP contribution is 2.46. The summed E-state index contributed by atoms with van der Waals surface area (Å²) in [6.07, 6.45) is 0. The van der Waals surface area contributed by atoms with Gasteiger partial charge in [0.15, 0.2) is 0 Å². The van der Waals surface area contributed by atoms with E-state index in [0.717, 1.165) is 17.1 Å². The molecule has 0 unspecified atom stereocenters. The second-order valence-electron chi connectivity index (χ2n) is 15.7. The minimum atomic E-state index is 1.10. The zero-order chi connectivity index (χ0) is 40.3. The van der Waals surface area contributed by atoms with E-state index in [4.69, 9.17) is 0 Å². The monoisotopic (exact) mass is 811 g/mol. The van der Waals surface area contributed by atoms with Crippen molar-refractivity contribution < 1.29 is 0 Å². The molecule has 2 heterocycles. The first-order chi connectivity index (χ1) is 30.2. The van der Waals surface area contributed by atoms with Crippen LogP contribution in [-0.4, -0.2) is 0 Å². The van der Waals surface area contributed by atoms with Crippen molar-refractivity contribution in [3.63, 3.8) is 0 Å². The van der Waals surface area contributed by atoms with E-state index in [2.05, 4.69) is 229 Å². The molecule has 0 radical (unpaired) electrons. The van der Waals surface area contributed by atoms with Crippen LogP contribution in [0.25, 0.3) is 95.6 Å². The van der Waals surface area contributed by atoms with E-state index >= 15 is 0 Å². The first kappa shape index (κ1) is 35.6. The summed E-state index contributed by atoms with van der Waals surface area (Å²) in [5.74, 6) is 0.